The lowest BCUT2D eigenvalue weighted by molar-refractivity contribution is -0.137. The standard InChI is InChI=1S/C16H16ClF3N4O/c1-2-3-7-21-14(25)13-6-8-22-15(24-13)23-10-4-5-12(17)11(9-10)16(18,19)20/h4-6,8-9H,2-3,7H2,1H3,(H,21,25)(H,22,23,24). The third-order valence-corrected chi connectivity index (χ3v) is 3.56. The Morgan fingerprint density at radius 1 is 1.28 bits per heavy atom. The summed E-state index contributed by atoms with van der Waals surface area (Å²) in [6, 6.07) is 4.79. The first-order valence-corrected chi connectivity index (χ1v) is 7.94. The molecule has 1 aromatic carbocycles. The average Bonchev–Trinajstić information content (AvgIpc) is 2.56. The number of nitrogens with one attached hydrogen (secondary N) is 2. The Labute approximate surface area is 147 Å². The molecule has 25 heavy (non-hydrogen) atoms. The normalized spacial score (nSPS) is 11.2. The maximum Gasteiger partial charge on any atom is 0.417 e. The molecule has 0 aliphatic carbocycles. The van der Waals surface area contributed by atoms with Crippen LogP contribution in [0, 0.1) is 0 Å². The molecule has 0 saturated carbocycles. The summed E-state index contributed by atoms with van der Waals surface area (Å²) in [6.07, 6.45) is -1.44. The Hall–Kier alpha value is -2.35. The molecule has 1 heterocycles. The SMILES string of the molecule is CCCCNC(=O)c1ccnc(Nc2ccc(Cl)c(C(F)(F)F)c2)n1. The van der Waals surface area contributed by atoms with Gasteiger partial charge in [0.05, 0.1) is 10.6 Å². The van der Waals surface area contributed by atoms with E-state index in [9.17, 15) is 18.0 Å². The Morgan fingerprint density at radius 3 is 2.72 bits per heavy atom. The van der Waals surface area contributed by atoms with Crippen LogP contribution >= 0.6 is 11.6 Å². The van der Waals surface area contributed by atoms with Crippen LogP contribution in [0.4, 0.5) is 24.8 Å². The molecule has 134 valence electrons. The van der Waals surface area contributed by atoms with Crippen molar-refractivity contribution in [3.63, 3.8) is 0 Å². The predicted molar refractivity (Wildman–Crippen MR) is 89.0 cm³/mol. The minimum absolute atomic E-state index is 0.0126. The van der Waals surface area contributed by atoms with E-state index < -0.39 is 16.8 Å². The van der Waals surface area contributed by atoms with E-state index in [1.165, 1.54) is 18.3 Å². The van der Waals surface area contributed by atoms with Crippen molar-refractivity contribution in [2.75, 3.05) is 11.9 Å². The second-order valence-electron chi connectivity index (χ2n) is 5.19. The Bertz CT molecular complexity index is 752. The topological polar surface area (TPSA) is 66.9 Å². The van der Waals surface area contributed by atoms with Crippen LogP contribution in [0.3, 0.4) is 0 Å². The van der Waals surface area contributed by atoms with Gasteiger partial charge in [-0.05, 0) is 30.7 Å². The highest BCUT2D eigenvalue weighted by Crippen LogP contribution is 2.36. The number of alkyl halides is 3. The van der Waals surface area contributed by atoms with Crippen molar-refractivity contribution in [2.45, 2.75) is 25.9 Å². The minimum atomic E-state index is -4.57. The lowest BCUT2D eigenvalue weighted by atomic mass is 10.2. The summed E-state index contributed by atoms with van der Waals surface area (Å²) in [4.78, 5) is 19.9. The quantitative estimate of drug-likeness (QED) is 0.736. The second kappa shape index (κ2) is 8.15. The number of hydrogen-bond acceptors (Lipinski definition) is 4. The fourth-order valence-corrected chi connectivity index (χ4v) is 2.19. The number of hydrogen-bond donors (Lipinski definition) is 2. The molecular weight excluding hydrogens is 357 g/mol. The van der Waals surface area contributed by atoms with E-state index >= 15 is 0 Å². The number of anilines is 2. The van der Waals surface area contributed by atoms with Gasteiger partial charge in [-0.1, -0.05) is 24.9 Å². The van der Waals surface area contributed by atoms with Crippen LogP contribution in [0.2, 0.25) is 5.02 Å². The highest BCUT2D eigenvalue weighted by molar-refractivity contribution is 6.31. The van der Waals surface area contributed by atoms with E-state index in [1.54, 1.807) is 0 Å². The molecule has 1 aromatic heterocycles. The maximum absolute atomic E-state index is 12.9. The van der Waals surface area contributed by atoms with Crippen molar-refractivity contribution in [3.8, 4) is 0 Å². The van der Waals surface area contributed by atoms with Crippen LogP contribution < -0.4 is 10.6 Å². The third-order valence-electron chi connectivity index (χ3n) is 3.23. The average molecular weight is 373 g/mol. The number of benzene rings is 1. The molecule has 0 fully saturated rings. The summed E-state index contributed by atoms with van der Waals surface area (Å²) in [6.45, 7) is 2.52. The molecular formula is C16H16ClF3N4O. The molecule has 0 aliphatic heterocycles. The molecule has 5 nitrogen and oxygen atoms in total. The third kappa shape index (κ3) is 5.32. The van der Waals surface area contributed by atoms with Gasteiger partial charge in [-0.2, -0.15) is 13.2 Å². The minimum Gasteiger partial charge on any atom is -0.351 e. The highest BCUT2D eigenvalue weighted by atomic mass is 35.5. The molecule has 9 heteroatoms. The number of halogens is 4. The lowest BCUT2D eigenvalue weighted by Crippen LogP contribution is -2.25. The second-order valence-corrected chi connectivity index (χ2v) is 5.60. The van der Waals surface area contributed by atoms with Crippen molar-refractivity contribution in [1.82, 2.24) is 15.3 Å². The van der Waals surface area contributed by atoms with Crippen LogP contribution in [-0.4, -0.2) is 22.4 Å². The summed E-state index contributed by atoms with van der Waals surface area (Å²) in [5, 5.41) is 4.95. The summed E-state index contributed by atoms with van der Waals surface area (Å²) >= 11 is 5.58. The van der Waals surface area contributed by atoms with Gasteiger partial charge in [-0.15, -0.1) is 0 Å². The Morgan fingerprint density at radius 2 is 2.04 bits per heavy atom. The van der Waals surface area contributed by atoms with E-state index in [0.29, 0.717) is 6.54 Å². The van der Waals surface area contributed by atoms with Crippen LogP contribution in [0.1, 0.15) is 35.8 Å². The van der Waals surface area contributed by atoms with E-state index in [0.717, 1.165) is 25.0 Å². The first kappa shape index (κ1) is 19.0. The van der Waals surface area contributed by atoms with Crippen molar-refractivity contribution in [2.24, 2.45) is 0 Å². The summed E-state index contributed by atoms with van der Waals surface area (Å²) in [7, 11) is 0. The van der Waals surface area contributed by atoms with Crippen LogP contribution in [-0.2, 0) is 6.18 Å². The Kier molecular flexibility index (Phi) is 6.19. The van der Waals surface area contributed by atoms with Gasteiger partial charge in [0.2, 0.25) is 5.95 Å². The summed E-state index contributed by atoms with van der Waals surface area (Å²) in [5.41, 5.74) is -0.730. The van der Waals surface area contributed by atoms with Crippen molar-refractivity contribution < 1.29 is 18.0 Å². The fraction of sp³-hybridized carbons (Fsp3) is 0.312. The van der Waals surface area contributed by atoms with E-state index in [1.807, 2.05) is 6.92 Å². The maximum atomic E-state index is 12.9. The molecule has 2 aromatic rings. The van der Waals surface area contributed by atoms with E-state index in [4.69, 9.17) is 11.6 Å². The van der Waals surface area contributed by atoms with Crippen molar-refractivity contribution in [1.29, 1.82) is 0 Å². The summed E-state index contributed by atoms with van der Waals surface area (Å²) in [5.74, 6) is -0.357. The number of aromatic nitrogens is 2. The first-order valence-electron chi connectivity index (χ1n) is 7.56. The van der Waals surface area contributed by atoms with Gasteiger partial charge in [0.1, 0.15) is 5.69 Å². The molecule has 2 rings (SSSR count). The number of unbranched alkanes of at least 4 members (excludes halogenated alkanes) is 1. The molecule has 0 saturated heterocycles. The lowest BCUT2D eigenvalue weighted by Gasteiger charge is -2.12. The van der Waals surface area contributed by atoms with Gasteiger partial charge < -0.3 is 10.6 Å². The highest BCUT2D eigenvalue weighted by Gasteiger charge is 2.33. The molecule has 1 amide bonds. The van der Waals surface area contributed by atoms with E-state index in [2.05, 4.69) is 20.6 Å². The van der Waals surface area contributed by atoms with Crippen LogP contribution in [0.15, 0.2) is 30.5 Å². The largest absolute Gasteiger partial charge is 0.417 e. The zero-order valence-electron chi connectivity index (χ0n) is 13.3. The zero-order chi connectivity index (χ0) is 18.4. The predicted octanol–water partition coefficient (Wildman–Crippen LogP) is 4.42. The fourth-order valence-electron chi connectivity index (χ4n) is 1.96. The number of carbonyl (C=O) groups is 1. The molecule has 0 radical (unpaired) electrons. The molecule has 0 aliphatic rings. The van der Waals surface area contributed by atoms with Crippen LogP contribution in [0.5, 0.6) is 0 Å². The van der Waals surface area contributed by atoms with Crippen LogP contribution in [0.25, 0.3) is 0 Å². The number of carbonyl (C=O) groups excluding carboxylic acids is 1. The van der Waals surface area contributed by atoms with E-state index in [-0.39, 0.29) is 23.2 Å². The number of rotatable bonds is 6. The van der Waals surface area contributed by atoms with Gasteiger partial charge in [0.25, 0.3) is 5.91 Å². The summed E-state index contributed by atoms with van der Waals surface area (Å²) < 4.78 is 38.7. The Balaban J connectivity index is 2.16. The van der Waals surface area contributed by atoms with Crippen molar-refractivity contribution >= 4 is 29.1 Å². The molecule has 0 spiro atoms. The van der Waals surface area contributed by atoms with Gasteiger partial charge in [0.15, 0.2) is 0 Å². The number of amides is 1. The smallest absolute Gasteiger partial charge is 0.351 e. The zero-order valence-corrected chi connectivity index (χ0v) is 14.1. The first-order chi connectivity index (χ1) is 11.8. The van der Waals surface area contributed by atoms with Gasteiger partial charge in [-0.25, -0.2) is 9.97 Å². The van der Waals surface area contributed by atoms with Crippen molar-refractivity contribution in [3.05, 3.63) is 46.7 Å². The van der Waals surface area contributed by atoms with Gasteiger partial charge >= 0.3 is 6.18 Å². The molecule has 2 N–H and O–H groups in total. The van der Waals surface area contributed by atoms with Gasteiger partial charge in [-0.3, -0.25) is 4.79 Å². The molecule has 0 atom stereocenters. The van der Waals surface area contributed by atoms with Gasteiger partial charge in [0, 0.05) is 18.4 Å². The molecule has 0 unspecified atom stereocenters. The molecule has 0 bridgehead atoms. The monoisotopic (exact) mass is 372 g/mol. The number of nitrogens with zero attached hydrogens (tertiary/aromatic N) is 2.